The van der Waals surface area contributed by atoms with Gasteiger partial charge in [0.25, 0.3) is 6.17 Å². The lowest BCUT2D eigenvalue weighted by molar-refractivity contribution is -0.304. The van der Waals surface area contributed by atoms with E-state index in [0.717, 1.165) is 61.9 Å². The minimum absolute atomic E-state index is 0.203. The number of carbonyl (C=O) groups excluding carboxylic acids is 1. The number of benzene rings is 2. The molecule has 1 aliphatic carbocycles. The van der Waals surface area contributed by atoms with Gasteiger partial charge in [0.05, 0.1) is 5.56 Å². The van der Waals surface area contributed by atoms with Crippen LogP contribution in [-0.4, -0.2) is 24.4 Å². The molecule has 192 valence electrons. The zero-order valence-electron chi connectivity index (χ0n) is 18.9. The Morgan fingerprint density at radius 2 is 1.63 bits per heavy atom. The summed E-state index contributed by atoms with van der Waals surface area (Å²) in [6.07, 6.45) is -9.09. The monoisotopic (exact) mass is 506 g/mol. The molecule has 1 unspecified atom stereocenters. The fraction of sp³-hybridized carbons (Fsp3) is 0.480. The largest absolute Gasteiger partial charge is 0.439 e. The molecular formula is C25H25F7O3. The summed E-state index contributed by atoms with van der Waals surface area (Å²) in [5, 5.41) is 0. The average molecular weight is 506 g/mol. The van der Waals surface area contributed by atoms with Gasteiger partial charge in [-0.1, -0.05) is 25.8 Å². The fourth-order valence-electron chi connectivity index (χ4n) is 4.26. The quantitative estimate of drug-likeness (QED) is 0.207. The highest BCUT2D eigenvalue weighted by Crippen LogP contribution is 2.39. The van der Waals surface area contributed by atoms with Gasteiger partial charge in [-0.3, -0.25) is 0 Å². The first-order valence-corrected chi connectivity index (χ1v) is 11.3. The van der Waals surface area contributed by atoms with E-state index in [-0.39, 0.29) is 17.2 Å². The molecule has 10 heteroatoms. The molecule has 0 bridgehead atoms. The highest BCUT2D eigenvalue weighted by Gasteiger charge is 2.59. The predicted octanol–water partition coefficient (Wildman–Crippen LogP) is 7.99. The molecule has 1 saturated carbocycles. The van der Waals surface area contributed by atoms with E-state index in [1.807, 2.05) is 0 Å². The number of ether oxygens (including phenoxy) is 2. The Morgan fingerprint density at radius 1 is 1.00 bits per heavy atom. The SMILES string of the molecule is CCCC1CCC(c2ccc(OC(=O)c3ccc(OC(F)(F)C(F)C(F)(F)F)cc3)c(F)c2)CC1. The van der Waals surface area contributed by atoms with Crippen LogP contribution < -0.4 is 9.47 Å². The standard InChI is InChI=1S/C25H25F7O3/c1-2-3-15-4-6-16(7-5-15)18-10-13-21(20(26)14-18)34-22(33)17-8-11-19(12-9-17)35-25(31,32)23(27)24(28,29)30/h8-16,23H,2-7H2,1H3. The summed E-state index contributed by atoms with van der Waals surface area (Å²) in [7, 11) is 0. The Balaban J connectivity index is 1.61. The lowest BCUT2D eigenvalue weighted by atomic mass is 9.77. The molecule has 0 radical (unpaired) electrons. The Kier molecular flexibility index (Phi) is 8.33. The third-order valence-corrected chi connectivity index (χ3v) is 6.10. The van der Waals surface area contributed by atoms with Gasteiger partial charge in [0.1, 0.15) is 5.75 Å². The zero-order chi connectivity index (χ0) is 25.8. The molecule has 0 spiro atoms. The van der Waals surface area contributed by atoms with E-state index in [0.29, 0.717) is 5.92 Å². The molecule has 35 heavy (non-hydrogen) atoms. The van der Waals surface area contributed by atoms with Crippen molar-refractivity contribution in [2.45, 2.75) is 69.8 Å². The maximum Gasteiger partial charge on any atom is 0.439 e. The molecule has 1 aliphatic rings. The normalized spacial score (nSPS) is 19.8. The Bertz CT molecular complexity index is 997. The molecule has 0 N–H and O–H groups in total. The maximum atomic E-state index is 14.6. The second-order valence-corrected chi connectivity index (χ2v) is 8.68. The smallest absolute Gasteiger partial charge is 0.430 e. The molecule has 0 aromatic heterocycles. The number of rotatable bonds is 8. The van der Waals surface area contributed by atoms with Crippen LogP contribution in [0, 0.1) is 11.7 Å². The van der Waals surface area contributed by atoms with Gasteiger partial charge in [0, 0.05) is 0 Å². The van der Waals surface area contributed by atoms with Gasteiger partial charge >= 0.3 is 18.3 Å². The van der Waals surface area contributed by atoms with Crippen molar-refractivity contribution < 1.29 is 45.0 Å². The molecule has 0 heterocycles. The molecule has 2 aromatic rings. The van der Waals surface area contributed by atoms with Gasteiger partial charge in [0.2, 0.25) is 0 Å². The summed E-state index contributed by atoms with van der Waals surface area (Å²) in [6, 6.07) is 7.73. The predicted molar refractivity (Wildman–Crippen MR) is 114 cm³/mol. The van der Waals surface area contributed by atoms with E-state index in [4.69, 9.17) is 4.74 Å². The third-order valence-electron chi connectivity index (χ3n) is 6.10. The van der Waals surface area contributed by atoms with Crippen LogP contribution in [0.15, 0.2) is 42.5 Å². The molecule has 3 rings (SSSR count). The van der Waals surface area contributed by atoms with Gasteiger partial charge < -0.3 is 9.47 Å². The average Bonchev–Trinajstić information content (AvgIpc) is 2.80. The van der Waals surface area contributed by atoms with Crippen LogP contribution in [0.2, 0.25) is 0 Å². The number of alkyl halides is 6. The molecule has 3 nitrogen and oxygen atoms in total. The maximum absolute atomic E-state index is 14.6. The van der Waals surface area contributed by atoms with Crippen molar-refractivity contribution in [3.05, 3.63) is 59.4 Å². The molecule has 0 saturated heterocycles. The van der Waals surface area contributed by atoms with E-state index in [1.54, 1.807) is 6.07 Å². The van der Waals surface area contributed by atoms with Crippen LogP contribution in [-0.2, 0) is 0 Å². The van der Waals surface area contributed by atoms with Gasteiger partial charge in [-0.05, 0) is 79.5 Å². The van der Waals surface area contributed by atoms with Crippen molar-refractivity contribution in [1.29, 1.82) is 0 Å². The number of halogens is 7. The lowest BCUT2D eigenvalue weighted by Gasteiger charge is -2.28. The summed E-state index contributed by atoms with van der Waals surface area (Å²) >= 11 is 0. The highest BCUT2D eigenvalue weighted by atomic mass is 19.4. The van der Waals surface area contributed by atoms with E-state index < -0.39 is 36.0 Å². The molecular weight excluding hydrogens is 481 g/mol. The minimum atomic E-state index is -5.82. The van der Waals surface area contributed by atoms with Gasteiger partial charge in [-0.25, -0.2) is 13.6 Å². The highest BCUT2D eigenvalue weighted by molar-refractivity contribution is 5.91. The van der Waals surface area contributed by atoms with Crippen LogP contribution in [0.25, 0.3) is 0 Å². The lowest BCUT2D eigenvalue weighted by Crippen LogP contribution is -2.45. The Morgan fingerprint density at radius 3 is 2.17 bits per heavy atom. The zero-order valence-corrected chi connectivity index (χ0v) is 18.9. The first-order valence-electron chi connectivity index (χ1n) is 11.3. The van der Waals surface area contributed by atoms with Crippen molar-refractivity contribution in [1.82, 2.24) is 0 Å². The number of esters is 1. The molecule has 2 aromatic carbocycles. The summed E-state index contributed by atoms with van der Waals surface area (Å²) in [6.45, 7) is 2.15. The van der Waals surface area contributed by atoms with Gasteiger partial charge in [0.15, 0.2) is 11.6 Å². The molecule has 0 amide bonds. The summed E-state index contributed by atoms with van der Waals surface area (Å²) < 4.78 is 99.7. The second kappa shape index (κ2) is 10.9. The van der Waals surface area contributed by atoms with E-state index >= 15 is 0 Å². The van der Waals surface area contributed by atoms with Crippen LogP contribution in [0.5, 0.6) is 11.5 Å². The fourth-order valence-corrected chi connectivity index (χ4v) is 4.26. The van der Waals surface area contributed by atoms with Crippen molar-refractivity contribution in [2.75, 3.05) is 0 Å². The van der Waals surface area contributed by atoms with Crippen LogP contribution >= 0.6 is 0 Å². The van der Waals surface area contributed by atoms with Crippen molar-refractivity contribution in [3.63, 3.8) is 0 Å². The molecule has 1 atom stereocenters. The first kappa shape index (κ1) is 26.8. The van der Waals surface area contributed by atoms with E-state index in [1.165, 1.54) is 18.6 Å². The Hall–Kier alpha value is -2.78. The first-order chi connectivity index (χ1) is 16.4. The van der Waals surface area contributed by atoms with Crippen molar-refractivity contribution >= 4 is 5.97 Å². The van der Waals surface area contributed by atoms with Crippen LogP contribution in [0.1, 0.15) is 67.3 Å². The van der Waals surface area contributed by atoms with E-state index in [2.05, 4.69) is 11.7 Å². The van der Waals surface area contributed by atoms with Gasteiger partial charge in [-0.2, -0.15) is 22.0 Å². The Labute approximate surface area is 198 Å². The van der Waals surface area contributed by atoms with Crippen LogP contribution in [0.4, 0.5) is 30.7 Å². The molecule has 1 fully saturated rings. The summed E-state index contributed by atoms with van der Waals surface area (Å²) in [5.41, 5.74) is 0.621. The van der Waals surface area contributed by atoms with Crippen molar-refractivity contribution in [2.24, 2.45) is 5.92 Å². The van der Waals surface area contributed by atoms with Crippen LogP contribution in [0.3, 0.4) is 0 Å². The summed E-state index contributed by atoms with van der Waals surface area (Å²) in [4.78, 5) is 12.3. The second-order valence-electron chi connectivity index (χ2n) is 8.68. The number of carbonyl (C=O) groups is 1. The minimum Gasteiger partial charge on any atom is -0.430 e. The van der Waals surface area contributed by atoms with E-state index in [9.17, 15) is 35.5 Å². The summed E-state index contributed by atoms with van der Waals surface area (Å²) in [5.74, 6) is -1.94. The topological polar surface area (TPSA) is 35.5 Å². The number of hydrogen-bond donors (Lipinski definition) is 0. The third kappa shape index (κ3) is 6.89. The van der Waals surface area contributed by atoms with Gasteiger partial charge in [-0.15, -0.1) is 0 Å². The van der Waals surface area contributed by atoms with Crippen molar-refractivity contribution in [3.8, 4) is 11.5 Å². The molecule has 0 aliphatic heterocycles. The number of hydrogen-bond acceptors (Lipinski definition) is 3.